The van der Waals surface area contributed by atoms with Crippen molar-refractivity contribution in [3.63, 3.8) is 0 Å². The zero-order valence-corrected chi connectivity index (χ0v) is 16.9. The number of alkyl halides is 3. The van der Waals surface area contributed by atoms with Crippen LogP contribution in [-0.2, 0) is 10.0 Å². The van der Waals surface area contributed by atoms with Crippen LogP contribution in [0.25, 0.3) is 11.1 Å². The van der Waals surface area contributed by atoms with E-state index in [2.05, 4.69) is 10.6 Å². The van der Waals surface area contributed by atoms with Crippen molar-refractivity contribution in [1.82, 2.24) is 0 Å². The molecule has 4 rings (SSSR count). The van der Waals surface area contributed by atoms with Gasteiger partial charge in [-0.15, -0.1) is 0 Å². The summed E-state index contributed by atoms with van der Waals surface area (Å²) in [6.07, 6.45) is 0. The molecule has 10 heteroatoms. The number of carbonyl (C=O) groups is 1. The minimum absolute atomic E-state index is 0.141. The van der Waals surface area contributed by atoms with Crippen LogP contribution in [0.3, 0.4) is 0 Å². The summed E-state index contributed by atoms with van der Waals surface area (Å²) in [4.78, 5) is 12.6. The molecule has 0 saturated carbocycles. The van der Waals surface area contributed by atoms with Crippen LogP contribution in [-0.4, -0.2) is 26.9 Å². The molecule has 6 nitrogen and oxygen atoms in total. The van der Waals surface area contributed by atoms with Gasteiger partial charge in [-0.05, 0) is 35.9 Å². The van der Waals surface area contributed by atoms with Crippen LogP contribution in [0.15, 0.2) is 66.7 Å². The fourth-order valence-electron chi connectivity index (χ4n) is 3.33. The van der Waals surface area contributed by atoms with E-state index in [1.807, 2.05) is 0 Å². The van der Waals surface area contributed by atoms with Gasteiger partial charge in [-0.3, -0.25) is 9.10 Å². The highest BCUT2D eigenvalue weighted by Crippen LogP contribution is 2.39. The van der Waals surface area contributed by atoms with Gasteiger partial charge in [0.05, 0.1) is 28.3 Å². The fourth-order valence-corrected chi connectivity index (χ4v) is 4.05. The number of hydrogen-bond donors (Lipinski definition) is 2. The van der Waals surface area contributed by atoms with Crippen molar-refractivity contribution >= 4 is 38.7 Å². The number of para-hydroxylation sites is 3. The average Bonchev–Trinajstić information content (AvgIpc) is 2.87. The van der Waals surface area contributed by atoms with Crippen LogP contribution >= 0.6 is 0 Å². The third-order valence-electron chi connectivity index (χ3n) is 4.92. The second-order valence-corrected chi connectivity index (χ2v) is 8.78. The minimum Gasteiger partial charge on any atom is -0.353 e. The lowest BCUT2D eigenvalue weighted by molar-refractivity contribution is -0.0437. The smallest absolute Gasteiger partial charge is 0.353 e. The summed E-state index contributed by atoms with van der Waals surface area (Å²) in [5.41, 5.74) is -2.86. The molecule has 2 N–H and O–H groups in total. The zero-order valence-electron chi connectivity index (χ0n) is 16.1. The van der Waals surface area contributed by atoms with Gasteiger partial charge in [0.2, 0.25) is 0 Å². The Hall–Kier alpha value is -3.53. The summed E-state index contributed by atoms with van der Waals surface area (Å²) in [5.74, 6) is -0.343. The summed E-state index contributed by atoms with van der Waals surface area (Å²) in [5, 5.41) is 5.94. The van der Waals surface area contributed by atoms with Crippen molar-refractivity contribution in [2.45, 2.75) is 5.51 Å². The molecule has 0 saturated heterocycles. The van der Waals surface area contributed by atoms with Crippen LogP contribution in [0.2, 0.25) is 0 Å². The highest BCUT2D eigenvalue weighted by molar-refractivity contribution is 7.93. The number of benzene rings is 3. The lowest BCUT2D eigenvalue weighted by atomic mass is 10.0. The molecule has 160 valence electrons. The molecule has 3 aromatic carbocycles. The number of halogens is 3. The highest BCUT2D eigenvalue weighted by atomic mass is 32.2. The van der Waals surface area contributed by atoms with Gasteiger partial charge >= 0.3 is 15.5 Å². The first-order chi connectivity index (χ1) is 14.6. The van der Waals surface area contributed by atoms with Crippen LogP contribution in [0.4, 0.5) is 35.9 Å². The number of nitrogens with zero attached hydrogens (tertiary/aromatic N) is 1. The van der Waals surface area contributed by atoms with E-state index in [9.17, 15) is 26.4 Å². The van der Waals surface area contributed by atoms with E-state index < -0.39 is 15.5 Å². The summed E-state index contributed by atoms with van der Waals surface area (Å²) in [6, 6.07) is 17.6. The van der Waals surface area contributed by atoms with Gasteiger partial charge in [-0.25, -0.2) is 0 Å². The third kappa shape index (κ3) is 3.59. The lowest BCUT2D eigenvalue weighted by Crippen LogP contribution is -2.38. The van der Waals surface area contributed by atoms with Crippen molar-refractivity contribution < 1.29 is 26.4 Å². The highest BCUT2D eigenvalue weighted by Gasteiger charge is 2.49. The number of anilines is 4. The molecule has 0 atom stereocenters. The summed E-state index contributed by atoms with van der Waals surface area (Å²) in [6.45, 7) is 0. The Morgan fingerprint density at radius 2 is 1.42 bits per heavy atom. The number of fused-ring (bicyclic) bond motifs is 2. The van der Waals surface area contributed by atoms with Gasteiger partial charge < -0.3 is 10.6 Å². The average molecular weight is 447 g/mol. The fraction of sp³-hybridized carbons (Fsp3) is 0.0952. The quantitative estimate of drug-likeness (QED) is 0.596. The summed E-state index contributed by atoms with van der Waals surface area (Å²) < 4.78 is 63.3. The van der Waals surface area contributed by atoms with Crippen LogP contribution < -0.4 is 14.9 Å². The maximum Gasteiger partial charge on any atom is 0.516 e. The van der Waals surface area contributed by atoms with Crippen LogP contribution in [0.1, 0.15) is 10.4 Å². The van der Waals surface area contributed by atoms with Gasteiger partial charge in [0.15, 0.2) is 0 Å². The van der Waals surface area contributed by atoms with Gasteiger partial charge in [0.1, 0.15) is 0 Å². The maximum absolute atomic E-state index is 13.1. The number of nitrogens with one attached hydrogen (secondary N) is 2. The second-order valence-electron chi connectivity index (χ2n) is 6.82. The molecule has 1 aliphatic heterocycles. The number of rotatable bonds is 3. The first-order valence-electron chi connectivity index (χ1n) is 9.05. The van der Waals surface area contributed by atoms with E-state index in [1.165, 1.54) is 24.3 Å². The predicted molar refractivity (Wildman–Crippen MR) is 113 cm³/mol. The maximum atomic E-state index is 13.1. The monoisotopic (exact) mass is 447 g/mol. The van der Waals surface area contributed by atoms with Crippen molar-refractivity contribution in [2.75, 3.05) is 22.0 Å². The number of sulfonamides is 1. The Balaban J connectivity index is 1.82. The van der Waals surface area contributed by atoms with E-state index >= 15 is 0 Å². The Kier molecular flexibility index (Phi) is 4.89. The molecule has 1 aliphatic rings. The second kappa shape index (κ2) is 7.31. The Bertz CT molecular complexity index is 1290. The van der Waals surface area contributed by atoms with E-state index in [1.54, 1.807) is 42.5 Å². The largest absolute Gasteiger partial charge is 0.516 e. The third-order valence-corrected chi connectivity index (χ3v) is 6.42. The molecule has 31 heavy (non-hydrogen) atoms. The van der Waals surface area contributed by atoms with Gasteiger partial charge in [-0.2, -0.15) is 21.6 Å². The normalized spacial score (nSPS) is 13.4. The standard InChI is InChI=1S/C21H16F3N3O3S/c1-27(31(29,30)21(22,23)24)19-9-5-2-6-14(19)13-10-11-15-18(12-13)25-16-7-3-4-8-17(16)26-20(15)28/h2-12,25H,1H3,(H,26,28). The molecule has 0 fully saturated rings. The van der Waals surface area contributed by atoms with Crippen molar-refractivity contribution in [1.29, 1.82) is 0 Å². The van der Waals surface area contributed by atoms with Crippen LogP contribution in [0.5, 0.6) is 0 Å². The molecule has 0 aromatic heterocycles. The first-order valence-corrected chi connectivity index (χ1v) is 10.5. The molecule has 0 aliphatic carbocycles. The van der Waals surface area contributed by atoms with E-state index in [0.29, 0.717) is 28.2 Å². The number of amides is 1. The molecule has 1 amide bonds. The number of hydrogen-bond acceptors (Lipinski definition) is 4. The lowest BCUT2D eigenvalue weighted by Gasteiger charge is -2.23. The summed E-state index contributed by atoms with van der Waals surface area (Å²) in [7, 11) is -4.72. The molecule has 0 radical (unpaired) electrons. The topological polar surface area (TPSA) is 78.5 Å². The van der Waals surface area contributed by atoms with Crippen molar-refractivity contribution in [3.05, 3.63) is 72.3 Å². The van der Waals surface area contributed by atoms with Gasteiger partial charge in [-0.1, -0.05) is 36.4 Å². The molecular weight excluding hydrogens is 431 g/mol. The molecule has 0 spiro atoms. The SMILES string of the molecule is CN(c1ccccc1-c1ccc2c(c1)Nc1ccccc1NC2=O)S(=O)(=O)C(F)(F)F. The summed E-state index contributed by atoms with van der Waals surface area (Å²) >= 11 is 0. The van der Waals surface area contributed by atoms with Gasteiger partial charge in [0, 0.05) is 12.6 Å². The van der Waals surface area contributed by atoms with Crippen molar-refractivity contribution in [3.8, 4) is 11.1 Å². The predicted octanol–water partition coefficient (Wildman–Crippen LogP) is 4.95. The van der Waals surface area contributed by atoms with E-state index in [-0.39, 0.29) is 21.5 Å². The Morgan fingerprint density at radius 3 is 2.10 bits per heavy atom. The zero-order chi connectivity index (χ0) is 22.4. The molecule has 0 bridgehead atoms. The molecular formula is C21H16F3N3O3S. The van der Waals surface area contributed by atoms with E-state index in [0.717, 1.165) is 7.05 Å². The van der Waals surface area contributed by atoms with Crippen molar-refractivity contribution in [2.24, 2.45) is 0 Å². The Morgan fingerprint density at radius 1 is 0.806 bits per heavy atom. The molecule has 3 aromatic rings. The molecule has 0 unspecified atom stereocenters. The molecule has 1 heterocycles. The minimum atomic E-state index is -5.58. The number of carbonyl (C=O) groups excluding carboxylic acids is 1. The first kappa shape index (κ1) is 20.7. The Labute approximate surface area is 176 Å². The van der Waals surface area contributed by atoms with Gasteiger partial charge in [0.25, 0.3) is 5.91 Å². The van der Waals surface area contributed by atoms with Crippen LogP contribution in [0, 0.1) is 0 Å². The van der Waals surface area contributed by atoms with E-state index in [4.69, 9.17) is 0 Å².